The molecular weight excluding hydrogens is 436 g/mol. The molecule has 4 aliphatic rings. The molecule has 6 atom stereocenters. The number of nitrogens with zero attached hydrogens (tertiary/aromatic N) is 2. The number of amides is 2. The average molecular weight is 467 g/mol. The number of fused-ring (bicyclic) bond motifs is 2. The summed E-state index contributed by atoms with van der Waals surface area (Å²) in [6.45, 7) is 2.41. The molecule has 180 valence electrons. The van der Waals surface area contributed by atoms with Crippen LogP contribution in [0.2, 0.25) is 0 Å². The zero-order chi connectivity index (χ0) is 23.9. The maximum Gasteiger partial charge on any atom is 0.312 e. The summed E-state index contributed by atoms with van der Waals surface area (Å²) in [5, 5.41) is 9.95. The molecular formula is C26H30N2O6. The van der Waals surface area contributed by atoms with E-state index in [0.29, 0.717) is 19.5 Å². The number of aliphatic hydroxyl groups is 1. The van der Waals surface area contributed by atoms with Gasteiger partial charge in [-0.2, -0.15) is 0 Å². The van der Waals surface area contributed by atoms with Gasteiger partial charge in [0.25, 0.3) is 0 Å². The Labute approximate surface area is 198 Å². The highest BCUT2D eigenvalue weighted by atomic mass is 16.6. The monoisotopic (exact) mass is 466 g/mol. The van der Waals surface area contributed by atoms with E-state index in [2.05, 4.69) is 0 Å². The van der Waals surface area contributed by atoms with Crippen molar-refractivity contribution in [1.29, 1.82) is 0 Å². The number of hydrogen-bond acceptors (Lipinski definition) is 6. The minimum atomic E-state index is -1.30. The predicted molar refractivity (Wildman–Crippen MR) is 122 cm³/mol. The molecule has 2 amide bonds. The van der Waals surface area contributed by atoms with Crippen molar-refractivity contribution in [2.45, 2.75) is 50.1 Å². The number of hydrogen-bond donors (Lipinski definition) is 1. The highest BCUT2D eigenvalue weighted by Crippen LogP contribution is 2.53. The second-order valence-electron chi connectivity index (χ2n) is 9.46. The molecule has 2 saturated heterocycles. The number of likely N-dealkylation sites (tertiary alicyclic amines) is 1. The van der Waals surface area contributed by atoms with E-state index in [1.807, 2.05) is 48.6 Å². The average Bonchev–Trinajstić information content (AvgIpc) is 3.26. The van der Waals surface area contributed by atoms with Crippen LogP contribution >= 0.6 is 0 Å². The van der Waals surface area contributed by atoms with Crippen molar-refractivity contribution in [3.8, 4) is 0 Å². The highest BCUT2D eigenvalue weighted by Gasteiger charge is 2.72. The summed E-state index contributed by atoms with van der Waals surface area (Å²) < 4.78 is 12.0. The SMILES string of the molecule is C[C@H](CO)N1C(=O)[C@@H]2[C@H]3C(=O)OCCC/C=C\[C@H]3O[C@@]23C=CCN(Cc2ccccc2)C(=O)C13. The third-order valence-corrected chi connectivity index (χ3v) is 7.33. The lowest BCUT2D eigenvalue weighted by Crippen LogP contribution is -2.57. The molecule has 1 aromatic rings. The predicted octanol–water partition coefficient (Wildman–Crippen LogP) is 1.44. The molecule has 1 aromatic carbocycles. The van der Waals surface area contributed by atoms with Crippen molar-refractivity contribution in [2.75, 3.05) is 19.8 Å². The topological polar surface area (TPSA) is 96.4 Å². The number of esters is 1. The van der Waals surface area contributed by atoms with Crippen LogP contribution in [0.4, 0.5) is 0 Å². The van der Waals surface area contributed by atoms with Crippen LogP contribution < -0.4 is 0 Å². The molecule has 0 bridgehead atoms. The number of rotatable bonds is 4. The van der Waals surface area contributed by atoms with Gasteiger partial charge in [0, 0.05) is 13.1 Å². The fourth-order valence-corrected chi connectivity index (χ4v) is 5.75. The second kappa shape index (κ2) is 9.00. The molecule has 2 fully saturated rings. The largest absolute Gasteiger partial charge is 0.465 e. The van der Waals surface area contributed by atoms with Crippen molar-refractivity contribution >= 4 is 17.8 Å². The summed E-state index contributed by atoms with van der Waals surface area (Å²) >= 11 is 0. The van der Waals surface area contributed by atoms with Crippen LogP contribution in [0.3, 0.4) is 0 Å². The Hall–Kier alpha value is -2.97. The molecule has 4 aliphatic heterocycles. The maximum absolute atomic E-state index is 14.0. The first-order valence-corrected chi connectivity index (χ1v) is 11.9. The first-order chi connectivity index (χ1) is 16.5. The molecule has 34 heavy (non-hydrogen) atoms. The number of carbonyl (C=O) groups excluding carboxylic acids is 3. The minimum Gasteiger partial charge on any atom is -0.465 e. The molecule has 5 rings (SSSR count). The Morgan fingerprint density at radius 1 is 1.15 bits per heavy atom. The van der Waals surface area contributed by atoms with Gasteiger partial charge in [-0.05, 0) is 25.3 Å². The fraction of sp³-hybridized carbons (Fsp3) is 0.500. The maximum atomic E-state index is 14.0. The van der Waals surface area contributed by atoms with Crippen molar-refractivity contribution < 1.29 is 29.0 Å². The fourth-order valence-electron chi connectivity index (χ4n) is 5.75. The van der Waals surface area contributed by atoms with Gasteiger partial charge < -0.3 is 24.4 Å². The van der Waals surface area contributed by atoms with Gasteiger partial charge >= 0.3 is 5.97 Å². The molecule has 1 spiro atoms. The second-order valence-corrected chi connectivity index (χ2v) is 9.46. The van der Waals surface area contributed by atoms with Crippen molar-refractivity contribution in [3.63, 3.8) is 0 Å². The molecule has 8 nitrogen and oxygen atoms in total. The number of carbonyl (C=O) groups is 3. The van der Waals surface area contributed by atoms with Crippen molar-refractivity contribution in [2.24, 2.45) is 11.8 Å². The van der Waals surface area contributed by atoms with Gasteiger partial charge in [0.1, 0.15) is 17.6 Å². The first kappa shape index (κ1) is 22.8. The highest BCUT2D eigenvalue weighted by molar-refractivity contribution is 5.99. The van der Waals surface area contributed by atoms with Crippen LogP contribution in [0.5, 0.6) is 0 Å². The van der Waals surface area contributed by atoms with Crippen molar-refractivity contribution in [3.05, 3.63) is 60.2 Å². The van der Waals surface area contributed by atoms with Gasteiger partial charge in [-0.15, -0.1) is 0 Å². The smallest absolute Gasteiger partial charge is 0.312 e. The molecule has 1 N–H and O–H groups in total. The summed E-state index contributed by atoms with van der Waals surface area (Å²) in [4.78, 5) is 44.1. The summed E-state index contributed by atoms with van der Waals surface area (Å²) in [6.07, 6.45) is 8.22. The van der Waals surface area contributed by atoms with Gasteiger partial charge in [-0.1, -0.05) is 54.6 Å². The lowest BCUT2D eigenvalue weighted by Gasteiger charge is -2.37. The van der Waals surface area contributed by atoms with E-state index in [4.69, 9.17) is 9.47 Å². The Kier molecular flexibility index (Phi) is 6.04. The summed E-state index contributed by atoms with van der Waals surface area (Å²) in [6, 6.07) is 8.06. The molecule has 8 heteroatoms. The van der Waals surface area contributed by atoms with E-state index in [0.717, 1.165) is 12.0 Å². The van der Waals surface area contributed by atoms with Gasteiger partial charge in [0.2, 0.25) is 11.8 Å². The Morgan fingerprint density at radius 3 is 2.71 bits per heavy atom. The van der Waals surface area contributed by atoms with Crippen LogP contribution in [0.15, 0.2) is 54.6 Å². The summed E-state index contributed by atoms with van der Waals surface area (Å²) in [5.74, 6) is -2.84. The quantitative estimate of drug-likeness (QED) is 0.533. The van der Waals surface area contributed by atoms with Crippen LogP contribution in [-0.2, 0) is 30.4 Å². The van der Waals surface area contributed by atoms with Gasteiger partial charge in [-0.3, -0.25) is 14.4 Å². The molecule has 0 radical (unpaired) electrons. The van der Waals surface area contributed by atoms with E-state index in [9.17, 15) is 19.5 Å². The molecule has 4 heterocycles. The van der Waals surface area contributed by atoms with E-state index < -0.39 is 41.6 Å². The third kappa shape index (κ3) is 3.56. The molecule has 0 aromatic heterocycles. The number of aliphatic hydroxyl groups excluding tert-OH is 1. The normalized spacial score (nSPS) is 34.8. The van der Waals surface area contributed by atoms with E-state index >= 15 is 0 Å². The number of allylic oxidation sites excluding steroid dienone is 1. The third-order valence-electron chi connectivity index (χ3n) is 7.33. The standard InChI is InChI=1S/C26H30N2O6/c1-17(16-29)28-22-24(31)27(15-18-9-4-2-5-10-18)13-8-12-26(22)21(23(28)30)20-19(34-26)11-6-3-7-14-33-25(20)32/h2,4-6,8-12,17,19-22,29H,3,7,13-16H2,1H3/b11-6-/t17-,19-,20+,21+,22?,26+/m1/s1. The van der Waals surface area contributed by atoms with E-state index in [1.165, 1.54) is 4.90 Å². The zero-order valence-electron chi connectivity index (χ0n) is 19.2. The lowest BCUT2D eigenvalue weighted by molar-refractivity contribution is -0.156. The van der Waals surface area contributed by atoms with Crippen LogP contribution in [0, 0.1) is 11.8 Å². The van der Waals surface area contributed by atoms with Crippen LogP contribution in [0.1, 0.15) is 25.3 Å². The minimum absolute atomic E-state index is 0.256. The van der Waals surface area contributed by atoms with Gasteiger partial charge in [0.05, 0.1) is 31.3 Å². The number of cyclic esters (lactones) is 1. The molecule has 0 saturated carbocycles. The van der Waals surface area contributed by atoms with E-state index in [1.54, 1.807) is 17.9 Å². The lowest BCUT2D eigenvalue weighted by atomic mass is 9.78. The number of ether oxygens (including phenoxy) is 2. The molecule has 1 unspecified atom stereocenters. The van der Waals surface area contributed by atoms with Crippen LogP contribution in [0.25, 0.3) is 0 Å². The van der Waals surface area contributed by atoms with Crippen molar-refractivity contribution in [1.82, 2.24) is 9.80 Å². The Balaban J connectivity index is 1.58. The van der Waals surface area contributed by atoms with Gasteiger partial charge in [-0.25, -0.2) is 0 Å². The number of benzene rings is 1. The van der Waals surface area contributed by atoms with E-state index in [-0.39, 0.29) is 25.0 Å². The Bertz CT molecular complexity index is 1020. The van der Waals surface area contributed by atoms with Gasteiger partial charge in [0.15, 0.2) is 0 Å². The Morgan fingerprint density at radius 2 is 1.94 bits per heavy atom. The first-order valence-electron chi connectivity index (χ1n) is 11.9. The summed E-state index contributed by atoms with van der Waals surface area (Å²) in [7, 11) is 0. The van der Waals surface area contributed by atoms with Crippen LogP contribution in [-0.4, -0.2) is 76.2 Å². The summed E-state index contributed by atoms with van der Waals surface area (Å²) in [5.41, 5.74) is -0.333. The molecule has 0 aliphatic carbocycles. The zero-order valence-corrected chi connectivity index (χ0v) is 19.2.